The van der Waals surface area contributed by atoms with Gasteiger partial charge in [-0.2, -0.15) is 0 Å². The summed E-state index contributed by atoms with van der Waals surface area (Å²) < 4.78 is 5.46. The summed E-state index contributed by atoms with van der Waals surface area (Å²) in [4.78, 5) is 0. The number of hydrogen-bond donors (Lipinski definition) is 3. The summed E-state index contributed by atoms with van der Waals surface area (Å²) in [6.45, 7) is 4.85. The quantitative estimate of drug-likeness (QED) is 0.209. The molecule has 0 amide bonds. The Morgan fingerprint density at radius 1 is 1.56 bits per heavy atom. The standard InChI is InChI=1S/C11H23N3O2/c1-11(6-4-8-16-9-11)13-7-3-2-5-10(12)14-15/h13,15H,2-9H2,1H3,(H2,12,14). The number of nitrogens with two attached hydrogens (primary N) is 1. The maximum atomic E-state index is 8.37. The van der Waals surface area contributed by atoms with Crippen LogP contribution in [0.2, 0.25) is 0 Å². The lowest BCUT2D eigenvalue weighted by Crippen LogP contribution is -2.49. The molecule has 1 heterocycles. The molecular formula is C11H23N3O2. The molecule has 0 aliphatic carbocycles. The van der Waals surface area contributed by atoms with Gasteiger partial charge in [0.05, 0.1) is 6.61 Å². The Hall–Kier alpha value is -0.810. The van der Waals surface area contributed by atoms with Crippen molar-refractivity contribution in [3.63, 3.8) is 0 Å². The number of unbranched alkanes of at least 4 members (excludes halogenated alkanes) is 1. The van der Waals surface area contributed by atoms with Crippen molar-refractivity contribution in [2.45, 2.75) is 44.6 Å². The number of rotatable bonds is 6. The average molecular weight is 229 g/mol. The van der Waals surface area contributed by atoms with Crippen LogP contribution >= 0.6 is 0 Å². The van der Waals surface area contributed by atoms with E-state index in [9.17, 15) is 0 Å². The second-order valence-corrected chi connectivity index (χ2v) is 4.69. The molecule has 0 aromatic rings. The van der Waals surface area contributed by atoms with E-state index in [4.69, 9.17) is 15.7 Å². The molecule has 1 rings (SSSR count). The molecule has 1 unspecified atom stereocenters. The van der Waals surface area contributed by atoms with Gasteiger partial charge in [-0.3, -0.25) is 0 Å². The topological polar surface area (TPSA) is 79.9 Å². The van der Waals surface area contributed by atoms with Gasteiger partial charge in [-0.25, -0.2) is 0 Å². The lowest BCUT2D eigenvalue weighted by molar-refractivity contribution is 0.0286. The summed E-state index contributed by atoms with van der Waals surface area (Å²) in [7, 11) is 0. The molecule has 5 heteroatoms. The summed E-state index contributed by atoms with van der Waals surface area (Å²) in [5.74, 6) is 0.312. The monoisotopic (exact) mass is 229 g/mol. The molecule has 0 aromatic carbocycles. The molecule has 5 nitrogen and oxygen atoms in total. The van der Waals surface area contributed by atoms with E-state index in [1.54, 1.807) is 0 Å². The molecule has 0 spiro atoms. The van der Waals surface area contributed by atoms with Crippen molar-refractivity contribution in [2.24, 2.45) is 10.9 Å². The van der Waals surface area contributed by atoms with E-state index in [1.807, 2.05) is 0 Å². The first kappa shape index (κ1) is 13.3. The number of nitrogens with zero attached hydrogens (tertiary/aromatic N) is 1. The van der Waals surface area contributed by atoms with Gasteiger partial charge in [0.25, 0.3) is 0 Å². The Kier molecular flexibility index (Phi) is 5.55. The van der Waals surface area contributed by atoms with Crippen molar-refractivity contribution in [3.05, 3.63) is 0 Å². The van der Waals surface area contributed by atoms with E-state index in [2.05, 4.69) is 17.4 Å². The summed E-state index contributed by atoms with van der Waals surface area (Å²) in [5.41, 5.74) is 5.52. The molecule has 1 fully saturated rings. The lowest BCUT2D eigenvalue weighted by Gasteiger charge is -2.34. The first-order valence-electron chi connectivity index (χ1n) is 5.95. The zero-order valence-electron chi connectivity index (χ0n) is 10.0. The number of nitrogens with one attached hydrogen (secondary N) is 1. The van der Waals surface area contributed by atoms with Crippen molar-refractivity contribution < 1.29 is 9.94 Å². The number of oxime groups is 1. The molecule has 0 radical (unpaired) electrons. The maximum Gasteiger partial charge on any atom is 0.139 e. The Morgan fingerprint density at radius 3 is 3.00 bits per heavy atom. The highest BCUT2D eigenvalue weighted by Crippen LogP contribution is 2.18. The van der Waals surface area contributed by atoms with E-state index in [-0.39, 0.29) is 5.54 Å². The molecule has 1 saturated heterocycles. The van der Waals surface area contributed by atoms with E-state index in [1.165, 1.54) is 6.42 Å². The molecule has 1 aliphatic heterocycles. The molecule has 0 bridgehead atoms. The Bertz CT molecular complexity index is 225. The van der Waals surface area contributed by atoms with Crippen molar-refractivity contribution in [1.29, 1.82) is 0 Å². The lowest BCUT2D eigenvalue weighted by atomic mass is 9.95. The average Bonchev–Trinajstić information content (AvgIpc) is 2.29. The third-order valence-corrected chi connectivity index (χ3v) is 2.98. The van der Waals surface area contributed by atoms with Crippen molar-refractivity contribution >= 4 is 5.84 Å². The van der Waals surface area contributed by atoms with Crippen LogP contribution in [0.1, 0.15) is 39.0 Å². The van der Waals surface area contributed by atoms with Gasteiger partial charge in [0.15, 0.2) is 0 Å². The molecule has 1 atom stereocenters. The predicted octanol–water partition coefficient (Wildman–Crippen LogP) is 1.06. The highest BCUT2D eigenvalue weighted by atomic mass is 16.5. The second-order valence-electron chi connectivity index (χ2n) is 4.69. The van der Waals surface area contributed by atoms with Crippen molar-refractivity contribution in [2.75, 3.05) is 19.8 Å². The van der Waals surface area contributed by atoms with Crippen LogP contribution in [-0.2, 0) is 4.74 Å². The smallest absolute Gasteiger partial charge is 0.139 e. The van der Waals surface area contributed by atoms with Crippen LogP contribution in [0.3, 0.4) is 0 Å². The van der Waals surface area contributed by atoms with Gasteiger partial charge < -0.3 is 21.0 Å². The minimum absolute atomic E-state index is 0.134. The largest absolute Gasteiger partial charge is 0.409 e. The van der Waals surface area contributed by atoms with E-state index >= 15 is 0 Å². The van der Waals surface area contributed by atoms with Gasteiger partial charge >= 0.3 is 0 Å². The third-order valence-electron chi connectivity index (χ3n) is 2.98. The van der Waals surface area contributed by atoms with E-state index < -0.39 is 0 Å². The molecule has 94 valence electrons. The first-order valence-corrected chi connectivity index (χ1v) is 5.95. The summed E-state index contributed by atoms with van der Waals surface area (Å²) in [5, 5.41) is 14.8. The Labute approximate surface area is 97.0 Å². The van der Waals surface area contributed by atoms with Crippen LogP contribution in [-0.4, -0.2) is 36.3 Å². The van der Waals surface area contributed by atoms with Crippen LogP contribution in [0.4, 0.5) is 0 Å². The summed E-state index contributed by atoms with van der Waals surface area (Å²) >= 11 is 0. The molecule has 0 saturated carbocycles. The molecule has 1 aliphatic rings. The fourth-order valence-corrected chi connectivity index (χ4v) is 1.94. The maximum absolute atomic E-state index is 8.37. The van der Waals surface area contributed by atoms with Gasteiger partial charge in [0.2, 0.25) is 0 Å². The van der Waals surface area contributed by atoms with Gasteiger partial charge in [0, 0.05) is 18.6 Å². The number of amidine groups is 1. The van der Waals surface area contributed by atoms with Crippen LogP contribution in [0, 0.1) is 0 Å². The highest BCUT2D eigenvalue weighted by molar-refractivity contribution is 5.79. The van der Waals surface area contributed by atoms with Crippen molar-refractivity contribution in [1.82, 2.24) is 5.32 Å². The van der Waals surface area contributed by atoms with Crippen molar-refractivity contribution in [3.8, 4) is 0 Å². The Morgan fingerprint density at radius 2 is 2.38 bits per heavy atom. The molecule has 0 aromatic heterocycles. The normalized spacial score (nSPS) is 26.9. The highest BCUT2D eigenvalue weighted by Gasteiger charge is 2.26. The minimum atomic E-state index is 0.134. The molecule has 4 N–H and O–H groups in total. The fraction of sp³-hybridized carbons (Fsp3) is 0.909. The fourth-order valence-electron chi connectivity index (χ4n) is 1.94. The first-order chi connectivity index (χ1) is 7.66. The van der Waals surface area contributed by atoms with Crippen LogP contribution in [0.15, 0.2) is 5.16 Å². The third kappa shape index (κ3) is 4.81. The van der Waals surface area contributed by atoms with Gasteiger partial charge in [0.1, 0.15) is 5.84 Å². The van der Waals surface area contributed by atoms with Gasteiger partial charge in [-0.05, 0) is 39.2 Å². The summed E-state index contributed by atoms with van der Waals surface area (Å²) in [6, 6.07) is 0. The zero-order chi connectivity index (χ0) is 11.9. The SMILES string of the molecule is CC1(NCCCCC(N)=NO)CCCOC1. The molecular weight excluding hydrogens is 206 g/mol. The Balaban J connectivity index is 2.06. The van der Waals surface area contributed by atoms with Crippen LogP contribution < -0.4 is 11.1 Å². The zero-order valence-corrected chi connectivity index (χ0v) is 10.0. The van der Waals surface area contributed by atoms with Crippen LogP contribution in [0.5, 0.6) is 0 Å². The summed E-state index contributed by atoms with van der Waals surface area (Å²) in [6.07, 6.45) is 4.94. The van der Waals surface area contributed by atoms with E-state index in [0.717, 1.165) is 39.0 Å². The predicted molar refractivity (Wildman–Crippen MR) is 63.7 cm³/mol. The van der Waals surface area contributed by atoms with Crippen LogP contribution in [0.25, 0.3) is 0 Å². The number of hydrogen-bond acceptors (Lipinski definition) is 4. The van der Waals surface area contributed by atoms with Gasteiger partial charge in [-0.1, -0.05) is 5.16 Å². The minimum Gasteiger partial charge on any atom is -0.409 e. The van der Waals surface area contributed by atoms with Gasteiger partial charge in [-0.15, -0.1) is 0 Å². The second kappa shape index (κ2) is 6.70. The molecule has 16 heavy (non-hydrogen) atoms. The van der Waals surface area contributed by atoms with E-state index in [0.29, 0.717) is 12.3 Å². The number of ether oxygens (including phenoxy) is 1.